The van der Waals surface area contributed by atoms with Gasteiger partial charge >= 0.3 is 0 Å². The van der Waals surface area contributed by atoms with Crippen LogP contribution in [-0.2, 0) is 4.79 Å². The number of nitrogens with zero attached hydrogens (tertiary/aromatic N) is 2. The molecule has 148 valence electrons. The molecule has 8 heteroatoms. The number of piperazine rings is 1. The van der Waals surface area contributed by atoms with E-state index in [2.05, 4.69) is 0 Å². The monoisotopic (exact) mass is 422 g/mol. The van der Waals surface area contributed by atoms with Gasteiger partial charge in [-0.2, -0.15) is 0 Å². The first-order valence-corrected chi connectivity index (χ1v) is 9.59. The third kappa shape index (κ3) is 4.69. The summed E-state index contributed by atoms with van der Waals surface area (Å²) in [7, 11) is 0. The van der Waals surface area contributed by atoms with Gasteiger partial charge in [0.1, 0.15) is 11.5 Å². The molecule has 28 heavy (non-hydrogen) atoms. The number of hydrogen-bond acceptors (Lipinski definition) is 4. The number of ether oxygens (including phenoxy) is 1. The molecule has 0 aliphatic carbocycles. The Morgan fingerprint density at radius 1 is 1.00 bits per heavy atom. The van der Waals surface area contributed by atoms with Gasteiger partial charge in [-0.1, -0.05) is 23.2 Å². The van der Waals surface area contributed by atoms with Crippen molar-refractivity contribution in [2.75, 3.05) is 26.2 Å². The Hall–Kier alpha value is -2.44. The maximum absolute atomic E-state index is 12.7. The maximum Gasteiger partial charge on any atom is 0.263 e. The summed E-state index contributed by atoms with van der Waals surface area (Å²) in [5.74, 6) is 0.310. The minimum atomic E-state index is -0.669. The van der Waals surface area contributed by atoms with Crippen molar-refractivity contribution < 1.29 is 19.4 Å². The third-order valence-corrected chi connectivity index (χ3v) is 5.09. The van der Waals surface area contributed by atoms with Crippen LogP contribution in [0.4, 0.5) is 0 Å². The van der Waals surface area contributed by atoms with Crippen LogP contribution in [0.1, 0.15) is 17.3 Å². The van der Waals surface area contributed by atoms with Crippen molar-refractivity contribution in [3.8, 4) is 11.5 Å². The number of hydrogen-bond donors (Lipinski definition) is 1. The molecule has 2 aromatic carbocycles. The molecule has 0 radical (unpaired) electrons. The molecular weight excluding hydrogens is 403 g/mol. The fourth-order valence-electron chi connectivity index (χ4n) is 3.00. The van der Waals surface area contributed by atoms with E-state index in [1.807, 2.05) is 0 Å². The molecule has 0 bridgehead atoms. The molecule has 0 saturated carbocycles. The van der Waals surface area contributed by atoms with Crippen LogP contribution in [0, 0.1) is 0 Å². The Morgan fingerprint density at radius 2 is 1.61 bits per heavy atom. The van der Waals surface area contributed by atoms with Gasteiger partial charge in [0.05, 0.1) is 10.6 Å². The molecule has 1 heterocycles. The summed E-state index contributed by atoms with van der Waals surface area (Å²) >= 11 is 12.0. The van der Waals surface area contributed by atoms with Crippen molar-refractivity contribution in [3.63, 3.8) is 0 Å². The van der Waals surface area contributed by atoms with Gasteiger partial charge < -0.3 is 19.6 Å². The van der Waals surface area contributed by atoms with Crippen molar-refractivity contribution in [3.05, 3.63) is 58.1 Å². The van der Waals surface area contributed by atoms with Crippen molar-refractivity contribution >= 4 is 35.0 Å². The second-order valence-corrected chi connectivity index (χ2v) is 7.34. The van der Waals surface area contributed by atoms with E-state index in [9.17, 15) is 14.7 Å². The standard InChI is InChI=1S/C20H20Cl2N2O4/c1-13(28-16-5-3-15(25)4-6-16)19(26)23-8-10-24(11-9-23)20(27)17-7-2-14(21)12-18(17)22/h2-7,12-13,25H,8-11H2,1H3. The Bertz CT molecular complexity index is 865. The van der Waals surface area contributed by atoms with E-state index in [-0.39, 0.29) is 17.6 Å². The maximum atomic E-state index is 12.7. The highest BCUT2D eigenvalue weighted by Gasteiger charge is 2.29. The van der Waals surface area contributed by atoms with Gasteiger partial charge in [0, 0.05) is 31.2 Å². The van der Waals surface area contributed by atoms with Crippen LogP contribution in [0.5, 0.6) is 11.5 Å². The van der Waals surface area contributed by atoms with Gasteiger partial charge in [0.25, 0.3) is 11.8 Å². The zero-order valence-electron chi connectivity index (χ0n) is 15.3. The van der Waals surface area contributed by atoms with E-state index >= 15 is 0 Å². The van der Waals surface area contributed by atoms with E-state index in [0.29, 0.717) is 47.5 Å². The molecule has 6 nitrogen and oxygen atoms in total. The van der Waals surface area contributed by atoms with Crippen LogP contribution in [0.2, 0.25) is 10.0 Å². The molecule has 1 saturated heterocycles. The fourth-order valence-corrected chi connectivity index (χ4v) is 3.49. The fraction of sp³-hybridized carbons (Fsp3) is 0.300. The topological polar surface area (TPSA) is 70.1 Å². The molecule has 0 spiro atoms. The van der Waals surface area contributed by atoms with Gasteiger partial charge in [-0.3, -0.25) is 9.59 Å². The number of rotatable bonds is 4. The number of aromatic hydroxyl groups is 1. The highest BCUT2D eigenvalue weighted by Crippen LogP contribution is 2.23. The van der Waals surface area contributed by atoms with Gasteiger partial charge in [0.15, 0.2) is 6.10 Å². The number of halogens is 2. The normalized spacial score (nSPS) is 15.2. The van der Waals surface area contributed by atoms with Crippen LogP contribution >= 0.6 is 23.2 Å². The van der Waals surface area contributed by atoms with Crippen LogP contribution < -0.4 is 4.74 Å². The summed E-state index contributed by atoms with van der Waals surface area (Å²) in [5, 5.41) is 10.1. The lowest BCUT2D eigenvalue weighted by Crippen LogP contribution is -2.53. The zero-order valence-corrected chi connectivity index (χ0v) is 16.8. The number of benzene rings is 2. The van der Waals surface area contributed by atoms with Crippen LogP contribution in [0.3, 0.4) is 0 Å². The molecule has 2 aromatic rings. The summed E-state index contributed by atoms with van der Waals surface area (Å²) in [6.07, 6.45) is -0.669. The van der Waals surface area contributed by atoms with E-state index in [0.717, 1.165) is 0 Å². The lowest BCUT2D eigenvalue weighted by Gasteiger charge is -2.36. The molecule has 3 rings (SSSR count). The first kappa shape index (κ1) is 20.3. The number of phenols is 1. The van der Waals surface area contributed by atoms with E-state index in [4.69, 9.17) is 27.9 Å². The summed E-state index contributed by atoms with van der Waals surface area (Å²) in [6.45, 7) is 3.34. The Balaban J connectivity index is 1.56. The van der Waals surface area contributed by atoms with Crippen LogP contribution in [-0.4, -0.2) is 59.0 Å². The molecule has 2 amide bonds. The number of carbonyl (C=O) groups is 2. The predicted octanol–water partition coefficient (Wildman–Crippen LogP) is 3.45. The van der Waals surface area contributed by atoms with Crippen molar-refractivity contribution in [1.29, 1.82) is 0 Å². The molecule has 1 aliphatic heterocycles. The zero-order chi connectivity index (χ0) is 20.3. The third-order valence-electron chi connectivity index (χ3n) is 4.54. The van der Waals surface area contributed by atoms with Gasteiger partial charge in [0.2, 0.25) is 0 Å². The van der Waals surface area contributed by atoms with E-state index < -0.39 is 6.10 Å². The number of carbonyl (C=O) groups excluding carboxylic acids is 2. The highest BCUT2D eigenvalue weighted by molar-refractivity contribution is 6.36. The first-order valence-electron chi connectivity index (χ1n) is 8.84. The summed E-state index contributed by atoms with van der Waals surface area (Å²) in [6, 6.07) is 11.0. The molecule has 1 unspecified atom stereocenters. The molecule has 0 aromatic heterocycles. The minimum absolute atomic E-state index is 0.132. The molecule has 1 fully saturated rings. The van der Waals surface area contributed by atoms with Crippen molar-refractivity contribution in [2.45, 2.75) is 13.0 Å². The van der Waals surface area contributed by atoms with Gasteiger partial charge in [-0.15, -0.1) is 0 Å². The largest absolute Gasteiger partial charge is 0.508 e. The average molecular weight is 423 g/mol. The molecule has 1 aliphatic rings. The van der Waals surface area contributed by atoms with Crippen LogP contribution in [0.15, 0.2) is 42.5 Å². The van der Waals surface area contributed by atoms with Gasteiger partial charge in [-0.25, -0.2) is 0 Å². The smallest absolute Gasteiger partial charge is 0.263 e. The van der Waals surface area contributed by atoms with Gasteiger partial charge in [-0.05, 0) is 49.4 Å². The highest BCUT2D eigenvalue weighted by atomic mass is 35.5. The molecule has 1 atom stereocenters. The van der Waals surface area contributed by atoms with Crippen LogP contribution in [0.25, 0.3) is 0 Å². The van der Waals surface area contributed by atoms with E-state index in [1.165, 1.54) is 12.1 Å². The Morgan fingerprint density at radius 3 is 2.21 bits per heavy atom. The number of phenolic OH excluding ortho intramolecular Hbond substituents is 1. The molecular formula is C20H20Cl2N2O4. The lowest BCUT2D eigenvalue weighted by atomic mass is 10.1. The Kier molecular flexibility index (Phi) is 6.31. The SMILES string of the molecule is CC(Oc1ccc(O)cc1)C(=O)N1CCN(C(=O)c2ccc(Cl)cc2Cl)CC1. The van der Waals surface area contributed by atoms with Crippen molar-refractivity contribution in [2.24, 2.45) is 0 Å². The predicted molar refractivity (Wildman–Crippen MR) is 107 cm³/mol. The average Bonchev–Trinajstić information content (AvgIpc) is 2.69. The Labute approximate surface area is 173 Å². The van der Waals surface area contributed by atoms with Crippen molar-refractivity contribution in [1.82, 2.24) is 9.80 Å². The molecule has 1 N–H and O–H groups in total. The summed E-state index contributed by atoms with van der Waals surface area (Å²) in [5.41, 5.74) is 0.398. The summed E-state index contributed by atoms with van der Waals surface area (Å²) in [4.78, 5) is 28.6. The minimum Gasteiger partial charge on any atom is -0.508 e. The summed E-state index contributed by atoms with van der Waals surface area (Å²) < 4.78 is 5.64. The number of amides is 2. The van der Waals surface area contributed by atoms with E-state index in [1.54, 1.807) is 47.1 Å². The first-order chi connectivity index (χ1) is 13.3. The second kappa shape index (κ2) is 8.71. The quantitative estimate of drug-likeness (QED) is 0.818. The second-order valence-electron chi connectivity index (χ2n) is 6.50. The lowest BCUT2D eigenvalue weighted by molar-refractivity contribution is -0.139.